The number of rotatable bonds is 6. The zero-order chi connectivity index (χ0) is 16.2. The lowest BCUT2D eigenvalue weighted by Gasteiger charge is -2.06. The summed E-state index contributed by atoms with van der Waals surface area (Å²) in [5.41, 5.74) is 0.431. The molecular weight excluding hydrogens is 299 g/mol. The molecule has 0 saturated heterocycles. The molecular formula is C17H17FN2O3. The Kier molecular flexibility index (Phi) is 4.41. The van der Waals surface area contributed by atoms with Crippen molar-refractivity contribution in [1.82, 2.24) is 10.6 Å². The van der Waals surface area contributed by atoms with Gasteiger partial charge in [-0.25, -0.2) is 4.39 Å². The van der Waals surface area contributed by atoms with E-state index in [4.69, 9.17) is 4.42 Å². The minimum atomic E-state index is -0.351. The molecule has 1 aliphatic carbocycles. The molecule has 0 bridgehead atoms. The number of nitrogens with one attached hydrogen (secondary N) is 2. The van der Waals surface area contributed by atoms with Gasteiger partial charge >= 0.3 is 0 Å². The fraction of sp³-hybridized carbons (Fsp3) is 0.294. The molecule has 1 heterocycles. The molecule has 1 aromatic carbocycles. The van der Waals surface area contributed by atoms with Gasteiger partial charge in [0.15, 0.2) is 0 Å². The summed E-state index contributed by atoms with van der Waals surface area (Å²) in [7, 11) is 0. The van der Waals surface area contributed by atoms with Crippen LogP contribution in [0.1, 0.15) is 17.7 Å². The molecule has 23 heavy (non-hydrogen) atoms. The summed E-state index contributed by atoms with van der Waals surface area (Å²) >= 11 is 0. The third-order valence-corrected chi connectivity index (χ3v) is 3.89. The zero-order valence-electron chi connectivity index (χ0n) is 12.4. The fourth-order valence-electron chi connectivity index (χ4n) is 2.45. The van der Waals surface area contributed by atoms with Crippen LogP contribution in [0.2, 0.25) is 0 Å². The number of benzene rings is 1. The third kappa shape index (κ3) is 3.77. The molecule has 0 aliphatic heterocycles. The first-order valence-electron chi connectivity index (χ1n) is 7.46. The molecule has 1 saturated carbocycles. The van der Waals surface area contributed by atoms with Gasteiger partial charge in [0.25, 0.3) is 0 Å². The normalized spacial score (nSPS) is 19.2. The lowest BCUT2D eigenvalue weighted by molar-refractivity contribution is -0.127. The van der Waals surface area contributed by atoms with Gasteiger partial charge in [0.2, 0.25) is 11.8 Å². The Hall–Kier alpha value is -2.63. The van der Waals surface area contributed by atoms with Gasteiger partial charge in [-0.2, -0.15) is 0 Å². The molecule has 1 fully saturated rings. The molecule has 2 N–H and O–H groups in total. The van der Waals surface area contributed by atoms with Gasteiger partial charge in [-0.05, 0) is 24.6 Å². The molecule has 1 aliphatic rings. The second-order valence-electron chi connectivity index (χ2n) is 5.56. The maximum absolute atomic E-state index is 13.5. The van der Waals surface area contributed by atoms with E-state index in [1.165, 1.54) is 12.3 Å². The summed E-state index contributed by atoms with van der Waals surface area (Å²) in [6.45, 7) is 0.439. The van der Waals surface area contributed by atoms with E-state index < -0.39 is 0 Å². The molecule has 5 nitrogen and oxygen atoms in total. The van der Waals surface area contributed by atoms with Crippen LogP contribution in [0.4, 0.5) is 4.39 Å². The number of amides is 2. The Balaban J connectivity index is 1.43. The fourth-order valence-corrected chi connectivity index (χ4v) is 2.45. The first kappa shape index (κ1) is 15.3. The number of carbonyl (C=O) groups is 2. The Labute approximate surface area is 132 Å². The van der Waals surface area contributed by atoms with E-state index in [-0.39, 0.29) is 36.0 Å². The van der Waals surface area contributed by atoms with E-state index in [2.05, 4.69) is 10.6 Å². The molecule has 0 radical (unpaired) electrons. The van der Waals surface area contributed by atoms with Crippen molar-refractivity contribution in [2.24, 2.45) is 11.8 Å². The largest absolute Gasteiger partial charge is 0.467 e. The maximum atomic E-state index is 13.5. The highest BCUT2D eigenvalue weighted by Crippen LogP contribution is 2.38. The van der Waals surface area contributed by atoms with Gasteiger partial charge in [-0.15, -0.1) is 0 Å². The van der Waals surface area contributed by atoms with Crippen molar-refractivity contribution < 1.29 is 18.4 Å². The van der Waals surface area contributed by atoms with E-state index in [0.29, 0.717) is 24.3 Å². The molecule has 3 rings (SSSR count). The minimum absolute atomic E-state index is 0.128. The molecule has 0 spiro atoms. The highest BCUT2D eigenvalue weighted by molar-refractivity contribution is 5.92. The van der Waals surface area contributed by atoms with Crippen LogP contribution in [0.15, 0.2) is 47.1 Å². The summed E-state index contributed by atoms with van der Waals surface area (Å²) in [6, 6.07) is 9.80. The molecule has 6 heteroatoms. The first-order valence-corrected chi connectivity index (χ1v) is 7.46. The summed E-state index contributed by atoms with van der Waals surface area (Å²) < 4.78 is 18.6. The average molecular weight is 316 g/mol. The van der Waals surface area contributed by atoms with Crippen LogP contribution in [0.5, 0.6) is 0 Å². The van der Waals surface area contributed by atoms with Crippen molar-refractivity contribution in [3.05, 3.63) is 59.8 Å². The van der Waals surface area contributed by atoms with E-state index in [1.807, 2.05) is 0 Å². The van der Waals surface area contributed by atoms with Gasteiger partial charge in [0, 0.05) is 12.1 Å². The molecule has 2 aromatic rings. The standard InChI is InChI=1S/C17H17FN2O3/c18-15-6-2-1-4-11(15)9-19-16(21)13-8-14(13)17(22)20-10-12-5-3-7-23-12/h1-7,13-14H,8-10H2,(H,19,21)(H,20,22). The summed E-state index contributed by atoms with van der Waals surface area (Å²) in [5.74, 6) is -0.710. The molecule has 120 valence electrons. The molecule has 2 amide bonds. The van der Waals surface area contributed by atoms with Gasteiger partial charge in [0.1, 0.15) is 11.6 Å². The Morgan fingerprint density at radius 3 is 2.39 bits per heavy atom. The van der Waals surface area contributed by atoms with Crippen LogP contribution in [0.25, 0.3) is 0 Å². The van der Waals surface area contributed by atoms with Gasteiger partial charge < -0.3 is 15.1 Å². The lowest BCUT2D eigenvalue weighted by Crippen LogP contribution is -2.29. The number of hydrogen-bond acceptors (Lipinski definition) is 3. The second kappa shape index (κ2) is 6.64. The molecule has 2 unspecified atom stereocenters. The Morgan fingerprint density at radius 1 is 1.04 bits per heavy atom. The third-order valence-electron chi connectivity index (χ3n) is 3.89. The van der Waals surface area contributed by atoms with Crippen LogP contribution in [0, 0.1) is 17.7 Å². The molecule has 1 aromatic heterocycles. The number of furan rings is 1. The van der Waals surface area contributed by atoms with Crippen molar-refractivity contribution in [3.63, 3.8) is 0 Å². The van der Waals surface area contributed by atoms with Crippen molar-refractivity contribution in [3.8, 4) is 0 Å². The van der Waals surface area contributed by atoms with E-state index in [1.54, 1.807) is 30.3 Å². The predicted octanol–water partition coefficient (Wildman–Crippen LogP) is 1.99. The van der Waals surface area contributed by atoms with Crippen LogP contribution < -0.4 is 10.6 Å². The van der Waals surface area contributed by atoms with Gasteiger partial charge in [-0.1, -0.05) is 18.2 Å². The number of carbonyl (C=O) groups excluding carboxylic acids is 2. The van der Waals surface area contributed by atoms with E-state index >= 15 is 0 Å². The highest BCUT2D eigenvalue weighted by Gasteiger charge is 2.47. The lowest BCUT2D eigenvalue weighted by atomic mass is 10.2. The Bertz CT molecular complexity index is 700. The summed E-state index contributed by atoms with van der Waals surface area (Å²) in [4.78, 5) is 24.0. The second-order valence-corrected chi connectivity index (χ2v) is 5.56. The average Bonchev–Trinajstić information content (AvgIpc) is 3.19. The monoisotopic (exact) mass is 316 g/mol. The van der Waals surface area contributed by atoms with Crippen molar-refractivity contribution in [2.45, 2.75) is 19.5 Å². The summed E-state index contributed by atoms with van der Waals surface area (Å²) in [6.07, 6.45) is 2.06. The van der Waals surface area contributed by atoms with Crippen LogP contribution in [-0.4, -0.2) is 11.8 Å². The van der Waals surface area contributed by atoms with Crippen LogP contribution in [-0.2, 0) is 22.7 Å². The van der Waals surface area contributed by atoms with E-state index in [0.717, 1.165) is 0 Å². The maximum Gasteiger partial charge on any atom is 0.224 e. The van der Waals surface area contributed by atoms with Crippen LogP contribution >= 0.6 is 0 Å². The number of hydrogen-bond donors (Lipinski definition) is 2. The summed E-state index contributed by atoms with van der Waals surface area (Å²) in [5, 5.41) is 5.42. The quantitative estimate of drug-likeness (QED) is 0.856. The van der Waals surface area contributed by atoms with Gasteiger partial charge in [-0.3, -0.25) is 9.59 Å². The van der Waals surface area contributed by atoms with Gasteiger partial charge in [0.05, 0.1) is 24.6 Å². The molecule has 2 atom stereocenters. The Morgan fingerprint density at radius 2 is 1.74 bits per heavy atom. The topological polar surface area (TPSA) is 71.3 Å². The zero-order valence-corrected chi connectivity index (χ0v) is 12.4. The minimum Gasteiger partial charge on any atom is -0.467 e. The van der Waals surface area contributed by atoms with Crippen molar-refractivity contribution >= 4 is 11.8 Å². The highest BCUT2D eigenvalue weighted by atomic mass is 19.1. The van der Waals surface area contributed by atoms with Crippen molar-refractivity contribution in [2.75, 3.05) is 0 Å². The number of halogens is 1. The van der Waals surface area contributed by atoms with Crippen molar-refractivity contribution in [1.29, 1.82) is 0 Å². The van der Waals surface area contributed by atoms with Crippen LogP contribution in [0.3, 0.4) is 0 Å². The first-order chi connectivity index (χ1) is 11.1. The SMILES string of the molecule is O=C(NCc1ccco1)C1CC1C(=O)NCc1ccccc1F. The smallest absolute Gasteiger partial charge is 0.224 e. The predicted molar refractivity (Wildman–Crippen MR) is 80.4 cm³/mol. The van der Waals surface area contributed by atoms with E-state index in [9.17, 15) is 14.0 Å².